The largest absolute Gasteiger partial charge is 0.360 e. The summed E-state index contributed by atoms with van der Waals surface area (Å²) in [5.74, 6) is 1.13. The zero-order valence-corrected chi connectivity index (χ0v) is 16.0. The maximum atomic E-state index is 12.4. The molecule has 1 aliphatic heterocycles. The molecule has 0 unspecified atom stereocenters. The van der Waals surface area contributed by atoms with Gasteiger partial charge in [-0.2, -0.15) is 0 Å². The van der Waals surface area contributed by atoms with Crippen LogP contribution >= 0.6 is 11.6 Å². The van der Waals surface area contributed by atoms with Crippen molar-refractivity contribution in [3.05, 3.63) is 46.7 Å². The average Bonchev–Trinajstić information content (AvgIpc) is 3.07. The predicted molar refractivity (Wildman–Crippen MR) is 103 cm³/mol. The van der Waals surface area contributed by atoms with Crippen molar-refractivity contribution in [3.63, 3.8) is 0 Å². The molecule has 1 aromatic heterocycles. The molecule has 0 spiro atoms. The Morgan fingerprint density at radius 2 is 1.89 bits per heavy atom. The summed E-state index contributed by atoms with van der Waals surface area (Å²) in [6.07, 6.45) is 0.765. The molecule has 0 aliphatic carbocycles. The van der Waals surface area contributed by atoms with E-state index < -0.39 is 0 Å². The van der Waals surface area contributed by atoms with Crippen molar-refractivity contribution in [1.29, 1.82) is 0 Å². The second-order valence-corrected chi connectivity index (χ2v) is 7.08. The standard InChI is InChI=1S/C19H23ClN4O3/c1-14-12-17(22-27-14)21-18(25)6-7-23-8-10-24(11-9-23)19(26)13-15-2-4-16(20)5-3-15/h2-5,12H,6-11,13H2,1H3,(H,21,22,25). The summed E-state index contributed by atoms with van der Waals surface area (Å²) in [5.41, 5.74) is 0.964. The van der Waals surface area contributed by atoms with E-state index in [0.29, 0.717) is 49.1 Å². The van der Waals surface area contributed by atoms with Crippen LogP contribution < -0.4 is 5.32 Å². The number of rotatable bonds is 6. The van der Waals surface area contributed by atoms with E-state index >= 15 is 0 Å². The highest BCUT2D eigenvalue weighted by Crippen LogP contribution is 2.12. The molecule has 0 atom stereocenters. The van der Waals surface area contributed by atoms with Gasteiger partial charge in [0.15, 0.2) is 5.82 Å². The number of aromatic nitrogens is 1. The van der Waals surface area contributed by atoms with Crippen LogP contribution in [0.3, 0.4) is 0 Å². The van der Waals surface area contributed by atoms with E-state index in [9.17, 15) is 9.59 Å². The molecule has 27 heavy (non-hydrogen) atoms. The molecule has 7 nitrogen and oxygen atoms in total. The fraction of sp³-hybridized carbons (Fsp3) is 0.421. The monoisotopic (exact) mass is 390 g/mol. The first-order chi connectivity index (χ1) is 13.0. The van der Waals surface area contributed by atoms with Gasteiger partial charge in [0.2, 0.25) is 11.8 Å². The minimum absolute atomic E-state index is 0.0930. The highest BCUT2D eigenvalue weighted by Gasteiger charge is 2.21. The quantitative estimate of drug-likeness (QED) is 0.819. The van der Waals surface area contributed by atoms with Gasteiger partial charge in [-0.15, -0.1) is 0 Å². The van der Waals surface area contributed by atoms with E-state index in [1.807, 2.05) is 17.0 Å². The van der Waals surface area contributed by atoms with Crippen molar-refractivity contribution in [2.24, 2.45) is 0 Å². The zero-order valence-electron chi connectivity index (χ0n) is 15.3. The lowest BCUT2D eigenvalue weighted by molar-refractivity contribution is -0.132. The van der Waals surface area contributed by atoms with Crippen molar-refractivity contribution in [2.45, 2.75) is 19.8 Å². The Hall–Kier alpha value is -2.38. The molecule has 8 heteroatoms. The van der Waals surface area contributed by atoms with Gasteiger partial charge >= 0.3 is 0 Å². The van der Waals surface area contributed by atoms with Crippen LogP contribution in [0.4, 0.5) is 5.82 Å². The lowest BCUT2D eigenvalue weighted by Gasteiger charge is -2.34. The average molecular weight is 391 g/mol. The number of halogens is 1. The second kappa shape index (κ2) is 9.01. The smallest absolute Gasteiger partial charge is 0.227 e. The van der Waals surface area contributed by atoms with Crippen molar-refractivity contribution in [3.8, 4) is 0 Å². The van der Waals surface area contributed by atoms with Gasteiger partial charge in [0.25, 0.3) is 0 Å². The Balaban J connectivity index is 1.37. The first-order valence-electron chi connectivity index (χ1n) is 8.97. The zero-order chi connectivity index (χ0) is 19.2. The maximum Gasteiger partial charge on any atom is 0.227 e. The SMILES string of the molecule is Cc1cc(NC(=O)CCN2CCN(C(=O)Cc3ccc(Cl)cc3)CC2)no1. The number of nitrogens with zero attached hydrogens (tertiary/aromatic N) is 3. The molecule has 1 N–H and O–H groups in total. The van der Waals surface area contributed by atoms with Crippen molar-refractivity contribution in [1.82, 2.24) is 15.0 Å². The van der Waals surface area contributed by atoms with Crippen LogP contribution in [0.2, 0.25) is 5.02 Å². The normalized spacial score (nSPS) is 15.0. The fourth-order valence-corrected chi connectivity index (χ4v) is 3.13. The fourth-order valence-electron chi connectivity index (χ4n) is 3.00. The van der Waals surface area contributed by atoms with Gasteiger partial charge in [-0.3, -0.25) is 14.5 Å². The molecule has 3 rings (SSSR count). The molecule has 1 saturated heterocycles. The summed E-state index contributed by atoms with van der Waals surface area (Å²) in [4.78, 5) is 28.5. The summed E-state index contributed by atoms with van der Waals surface area (Å²) in [6.45, 7) is 5.32. The number of anilines is 1. The van der Waals surface area contributed by atoms with Crippen LogP contribution in [0.15, 0.2) is 34.9 Å². The van der Waals surface area contributed by atoms with Crippen molar-refractivity contribution < 1.29 is 14.1 Å². The third-order valence-corrected chi connectivity index (χ3v) is 4.80. The molecular formula is C19H23ClN4O3. The van der Waals surface area contributed by atoms with E-state index in [2.05, 4.69) is 15.4 Å². The summed E-state index contributed by atoms with van der Waals surface area (Å²) < 4.78 is 4.92. The van der Waals surface area contributed by atoms with Gasteiger partial charge < -0.3 is 14.7 Å². The molecule has 0 bridgehead atoms. The van der Waals surface area contributed by atoms with Crippen LogP contribution in [-0.4, -0.2) is 59.5 Å². The summed E-state index contributed by atoms with van der Waals surface area (Å²) >= 11 is 5.87. The number of benzene rings is 1. The number of carbonyl (C=O) groups excluding carboxylic acids is 2. The molecule has 2 amide bonds. The second-order valence-electron chi connectivity index (χ2n) is 6.65. The molecule has 2 heterocycles. The Morgan fingerprint density at radius 3 is 2.52 bits per heavy atom. The van der Waals surface area contributed by atoms with E-state index in [4.69, 9.17) is 16.1 Å². The van der Waals surface area contributed by atoms with Crippen LogP contribution in [0, 0.1) is 6.92 Å². The van der Waals surface area contributed by atoms with Gasteiger partial charge in [0, 0.05) is 50.2 Å². The molecule has 1 fully saturated rings. The Kier molecular flexibility index (Phi) is 6.47. The number of hydrogen-bond acceptors (Lipinski definition) is 5. The number of nitrogens with one attached hydrogen (secondary N) is 1. The van der Waals surface area contributed by atoms with Crippen LogP contribution in [0.1, 0.15) is 17.7 Å². The van der Waals surface area contributed by atoms with Gasteiger partial charge in [-0.25, -0.2) is 0 Å². The van der Waals surface area contributed by atoms with E-state index in [1.165, 1.54) is 0 Å². The number of hydrogen-bond donors (Lipinski definition) is 1. The van der Waals surface area contributed by atoms with Gasteiger partial charge in [-0.05, 0) is 24.6 Å². The summed E-state index contributed by atoms with van der Waals surface area (Å²) in [6, 6.07) is 9.04. The molecular weight excluding hydrogens is 368 g/mol. The minimum Gasteiger partial charge on any atom is -0.360 e. The summed E-state index contributed by atoms with van der Waals surface area (Å²) in [7, 11) is 0. The van der Waals surface area contributed by atoms with Crippen molar-refractivity contribution >= 4 is 29.2 Å². The highest BCUT2D eigenvalue weighted by atomic mass is 35.5. The number of amides is 2. The third-order valence-electron chi connectivity index (χ3n) is 4.54. The molecule has 2 aromatic rings. The predicted octanol–water partition coefficient (Wildman–Crippen LogP) is 2.35. The topological polar surface area (TPSA) is 78.7 Å². The molecule has 1 aliphatic rings. The minimum atomic E-state index is -0.0930. The van der Waals surface area contributed by atoms with Crippen LogP contribution in [0.5, 0.6) is 0 Å². The van der Waals surface area contributed by atoms with Gasteiger partial charge in [0.1, 0.15) is 5.76 Å². The lowest BCUT2D eigenvalue weighted by atomic mass is 10.1. The van der Waals surface area contributed by atoms with E-state index in [-0.39, 0.29) is 11.8 Å². The highest BCUT2D eigenvalue weighted by molar-refractivity contribution is 6.30. The van der Waals surface area contributed by atoms with Crippen LogP contribution in [0.25, 0.3) is 0 Å². The maximum absolute atomic E-state index is 12.4. The van der Waals surface area contributed by atoms with E-state index in [1.54, 1.807) is 25.1 Å². The van der Waals surface area contributed by atoms with Gasteiger partial charge in [-0.1, -0.05) is 28.9 Å². The Morgan fingerprint density at radius 1 is 1.19 bits per heavy atom. The number of aryl methyl sites for hydroxylation is 1. The summed E-state index contributed by atoms with van der Waals surface area (Å²) in [5, 5.41) is 7.13. The third kappa shape index (κ3) is 5.80. The van der Waals surface area contributed by atoms with Gasteiger partial charge in [0.05, 0.1) is 6.42 Å². The van der Waals surface area contributed by atoms with Crippen LogP contribution in [-0.2, 0) is 16.0 Å². The molecule has 0 saturated carbocycles. The number of carbonyl (C=O) groups is 2. The van der Waals surface area contributed by atoms with Crippen molar-refractivity contribution in [2.75, 3.05) is 38.0 Å². The lowest BCUT2D eigenvalue weighted by Crippen LogP contribution is -2.49. The molecule has 0 radical (unpaired) electrons. The molecule has 1 aromatic carbocycles. The Labute approximate surface area is 163 Å². The van der Waals surface area contributed by atoms with E-state index in [0.717, 1.165) is 18.7 Å². The number of piperazine rings is 1. The molecule has 144 valence electrons. The first-order valence-corrected chi connectivity index (χ1v) is 9.35. The Bertz CT molecular complexity index is 783. The first kappa shape index (κ1) is 19.4.